The second-order valence-corrected chi connectivity index (χ2v) is 5.02. The number of urea groups is 1. The molecule has 11 heteroatoms. The van der Waals surface area contributed by atoms with Crippen LogP contribution in [0.25, 0.3) is 0 Å². The van der Waals surface area contributed by atoms with Gasteiger partial charge >= 0.3 is 12.2 Å². The number of aryl methyl sites for hydroxylation is 1. The topological polar surface area (TPSA) is 99.2 Å². The normalized spacial score (nSPS) is 11.1. The van der Waals surface area contributed by atoms with Crippen molar-refractivity contribution in [1.29, 1.82) is 0 Å². The molecule has 0 aliphatic heterocycles. The summed E-state index contributed by atoms with van der Waals surface area (Å²) >= 11 is 5.91. The van der Waals surface area contributed by atoms with Gasteiger partial charge in [-0.05, 0) is 24.6 Å². The van der Waals surface area contributed by atoms with Gasteiger partial charge in [-0.1, -0.05) is 17.7 Å². The van der Waals surface area contributed by atoms with Gasteiger partial charge in [-0.3, -0.25) is 16.0 Å². The van der Waals surface area contributed by atoms with E-state index in [0.29, 0.717) is 16.8 Å². The van der Waals surface area contributed by atoms with E-state index < -0.39 is 29.7 Å². The molecule has 4 N–H and O–H groups in total. The number of nitrogens with zero attached hydrogens (tertiary/aromatic N) is 2. The van der Waals surface area contributed by atoms with E-state index >= 15 is 0 Å². The number of hydrogen-bond donors (Lipinski definition) is 4. The Morgan fingerprint density at radius 2 is 1.92 bits per heavy atom. The number of rotatable bonds is 3. The molecule has 0 saturated heterocycles. The summed E-state index contributed by atoms with van der Waals surface area (Å²) in [6, 6.07) is 4.31. The Labute approximate surface area is 138 Å². The summed E-state index contributed by atoms with van der Waals surface area (Å²) in [5.74, 6) is -1.16. The smallest absolute Gasteiger partial charge is 0.308 e. The monoisotopic (exact) mass is 361 g/mol. The number of nitrogens with one attached hydrogen (secondary N) is 3. The molecule has 1 heterocycles. The van der Waals surface area contributed by atoms with Crippen molar-refractivity contribution in [3.63, 3.8) is 0 Å². The lowest BCUT2D eigenvalue weighted by Gasteiger charge is -2.11. The maximum atomic E-state index is 12.7. The van der Waals surface area contributed by atoms with Gasteiger partial charge in [0, 0.05) is 16.8 Å². The van der Waals surface area contributed by atoms with Crippen LogP contribution in [0.2, 0.25) is 5.02 Å². The third kappa shape index (κ3) is 4.46. The molecule has 128 valence electrons. The summed E-state index contributed by atoms with van der Waals surface area (Å²) in [7, 11) is 0. The average molecular weight is 362 g/mol. The first kappa shape index (κ1) is 17.8. The van der Waals surface area contributed by atoms with E-state index in [-0.39, 0.29) is 0 Å². The Bertz CT molecular complexity index is 770. The highest BCUT2D eigenvalue weighted by Crippen LogP contribution is 2.29. The molecule has 0 unspecified atom stereocenters. The first-order valence-corrected chi connectivity index (χ1v) is 6.77. The third-order valence-electron chi connectivity index (χ3n) is 2.79. The lowest BCUT2D eigenvalue weighted by atomic mass is 10.2. The molecule has 0 atom stereocenters. The number of hydrogen-bond acceptors (Lipinski definition) is 5. The summed E-state index contributed by atoms with van der Waals surface area (Å²) in [5.41, 5.74) is 1.27. The highest BCUT2D eigenvalue weighted by atomic mass is 35.5. The fraction of sp³-hybridized carbons (Fsp3) is 0.154. The molecule has 7 nitrogen and oxygen atoms in total. The number of anilines is 3. The summed E-state index contributed by atoms with van der Waals surface area (Å²) in [5, 5.41) is 13.6. The van der Waals surface area contributed by atoms with Crippen LogP contribution in [-0.2, 0) is 6.18 Å². The SMILES string of the molecule is Cc1ccc(NC(=O)Nc2nc(NO)cc(C(F)(F)F)n2)cc1Cl. The van der Waals surface area contributed by atoms with Crippen molar-refractivity contribution in [3.8, 4) is 0 Å². The number of benzene rings is 1. The van der Waals surface area contributed by atoms with Crippen molar-refractivity contribution in [2.24, 2.45) is 0 Å². The van der Waals surface area contributed by atoms with Crippen LogP contribution in [0.5, 0.6) is 0 Å². The molecule has 0 fully saturated rings. The van der Waals surface area contributed by atoms with Gasteiger partial charge in [0.25, 0.3) is 0 Å². The summed E-state index contributed by atoms with van der Waals surface area (Å²) in [6.07, 6.45) is -4.77. The Hall–Kier alpha value is -2.59. The van der Waals surface area contributed by atoms with Crippen LogP contribution in [0.15, 0.2) is 24.3 Å². The molecule has 0 spiro atoms. The number of aromatic nitrogens is 2. The largest absolute Gasteiger partial charge is 0.433 e. The lowest BCUT2D eigenvalue weighted by molar-refractivity contribution is -0.141. The molecule has 0 aliphatic rings. The van der Waals surface area contributed by atoms with Crippen molar-refractivity contribution in [2.75, 3.05) is 16.1 Å². The maximum Gasteiger partial charge on any atom is 0.433 e. The van der Waals surface area contributed by atoms with E-state index in [4.69, 9.17) is 16.8 Å². The van der Waals surface area contributed by atoms with Crippen LogP contribution in [0, 0.1) is 6.92 Å². The highest BCUT2D eigenvalue weighted by molar-refractivity contribution is 6.31. The van der Waals surface area contributed by atoms with Crippen LogP contribution in [0.4, 0.5) is 35.4 Å². The Morgan fingerprint density at radius 3 is 2.50 bits per heavy atom. The number of halogens is 4. The van der Waals surface area contributed by atoms with Gasteiger partial charge in [0.15, 0.2) is 11.5 Å². The third-order valence-corrected chi connectivity index (χ3v) is 3.19. The molecule has 0 saturated carbocycles. The molecule has 1 aromatic carbocycles. The van der Waals surface area contributed by atoms with Gasteiger partial charge in [-0.25, -0.2) is 9.78 Å². The van der Waals surface area contributed by atoms with Crippen LogP contribution in [0.1, 0.15) is 11.3 Å². The van der Waals surface area contributed by atoms with Crippen LogP contribution >= 0.6 is 11.6 Å². The number of alkyl halides is 3. The molecule has 0 radical (unpaired) electrons. The highest BCUT2D eigenvalue weighted by Gasteiger charge is 2.34. The molecule has 2 rings (SSSR count). The van der Waals surface area contributed by atoms with Gasteiger partial charge in [-0.2, -0.15) is 18.2 Å². The van der Waals surface area contributed by atoms with Crippen LogP contribution in [-0.4, -0.2) is 21.2 Å². The van der Waals surface area contributed by atoms with Crippen molar-refractivity contribution in [1.82, 2.24) is 9.97 Å². The van der Waals surface area contributed by atoms with Crippen LogP contribution < -0.4 is 16.1 Å². The first-order chi connectivity index (χ1) is 11.2. The van der Waals surface area contributed by atoms with E-state index in [1.54, 1.807) is 19.1 Å². The van der Waals surface area contributed by atoms with Crippen LogP contribution in [0.3, 0.4) is 0 Å². The zero-order valence-electron chi connectivity index (χ0n) is 12.1. The van der Waals surface area contributed by atoms with Gasteiger partial charge in [0.2, 0.25) is 5.95 Å². The summed E-state index contributed by atoms with van der Waals surface area (Å²) in [4.78, 5) is 18.5. The van der Waals surface area contributed by atoms with E-state index in [9.17, 15) is 18.0 Å². The molecule has 2 amide bonds. The van der Waals surface area contributed by atoms with Crippen molar-refractivity contribution < 1.29 is 23.2 Å². The molecular weight excluding hydrogens is 351 g/mol. The Balaban J connectivity index is 2.17. The molecule has 1 aromatic heterocycles. The minimum atomic E-state index is -4.77. The molecule has 0 aliphatic carbocycles. The first-order valence-electron chi connectivity index (χ1n) is 6.39. The molecular formula is C13H11ClF3N5O2. The zero-order valence-corrected chi connectivity index (χ0v) is 12.8. The summed E-state index contributed by atoms with van der Waals surface area (Å²) < 4.78 is 38.1. The predicted molar refractivity (Wildman–Crippen MR) is 81.3 cm³/mol. The minimum Gasteiger partial charge on any atom is -0.308 e. The number of amides is 2. The zero-order chi connectivity index (χ0) is 17.9. The number of carbonyl (C=O) groups is 1. The van der Waals surface area contributed by atoms with Crippen molar-refractivity contribution in [2.45, 2.75) is 13.1 Å². The fourth-order valence-electron chi connectivity index (χ4n) is 1.64. The van der Waals surface area contributed by atoms with E-state index in [2.05, 4.69) is 15.3 Å². The van der Waals surface area contributed by atoms with Gasteiger partial charge in [0.1, 0.15) is 0 Å². The number of carbonyl (C=O) groups excluding carboxylic acids is 1. The van der Waals surface area contributed by atoms with E-state index in [1.165, 1.54) is 11.5 Å². The standard InChI is InChI=1S/C13H11ClF3N5O2/c1-6-2-3-7(4-8(6)14)18-12(23)21-11-19-9(13(15,16)17)5-10(20-11)22-24/h2-5,24H,1H3,(H3,18,19,20,21,22,23). The predicted octanol–water partition coefficient (Wildman–Crippen LogP) is 3.90. The Kier molecular flexibility index (Phi) is 5.10. The minimum absolute atomic E-state index is 0.329. The maximum absolute atomic E-state index is 12.7. The van der Waals surface area contributed by atoms with Crippen molar-refractivity contribution >= 4 is 35.1 Å². The molecule has 24 heavy (non-hydrogen) atoms. The summed E-state index contributed by atoms with van der Waals surface area (Å²) in [6.45, 7) is 1.77. The fourth-order valence-corrected chi connectivity index (χ4v) is 1.82. The van der Waals surface area contributed by atoms with Gasteiger partial charge < -0.3 is 5.32 Å². The lowest BCUT2D eigenvalue weighted by Crippen LogP contribution is -2.22. The average Bonchev–Trinajstić information content (AvgIpc) is 2.49. The van der Waals surface area contributed by atoms with E-state index in [0.717, 1.165) is 5.56 Å². The van der Waals surface area contributed by atoms with Crippen molar-refractivity contribution in [3.05, 3.63) is 40.5 Å². The Morgan fingerprint density at radius 1 is 1.21 bits per heavy atom. The van der Waals surface area contributed by atoms with Gasteiger partial charge in [0.05, 0.1) is 0 Å². The second-order valence-electron chi connectivity index (χ2n) is 4.61. The quantitative estimate of drug-likeness (QED) is 0.621. The second kappa shape index (κ2) is 6.89. The van der Waals surface area contributed by atoms with E-state index in [1.807, 2.05) is 5.32 Å². The molecule has 0 bridgehead atoms. The van der Waals surface area contributed by atoms with Gasteiger partial charge in [-0.15, -0.1) is 0 Å². The molecule has 2 aromatic rings.